The molecule has 0 unspecified atom stereocenters. The number of para-hydroxylation sites is 1. The third-order valence-electron chi connectivity index (χ3n) is 3.12. The predicted octanol–water partition coefficient (Wildman–Crippen LogP) is 5.37. The second kappa shape index (κ2) is 11.0. The minimum absolute atomic E-state index is 0.646. The minimum Gasteiger partial charge on any atom is -0.300 e. The molecule has 0 heterocycles. The van der Waals surface area contributed by atoms with Gasteiger partial charge in [0.2, 0.25) is 0 Å². The Morgan fingerprint density at radius 1 is 1.10 bits per heavy atom. The van der Waals surface area contributed by atoms with E-state index in [0.29, 0.717) is 5.25 Å². The lowest BCUT2D eigenvalue weighted by Gasteiger charge is -2.17. The van der Waals surface area contributed by atoms with Gasteiger partial charge < -0.3 is 0 Å². The second-order valence-electron chi connectivity index (χ2n) is 4.93. The van der Waals surface area contributed by atoms with E-state index in [0.717, 1.165) is 10.0 Å². The summed E-state index contributed by atoms with van der Waals surface area (Å²) in [7, 11) is 0. The summed E-state index contributed by atoms with van der Waals surface area (Å²) >= 11 is 7.22. The van der Waals surface area contributed by atoms with Gasteiger partial charge in [-0.3, -0.25) is 10.9 Å². The summed E-state index contributed by atoms with van der Waals surface area (Å²) in [6.07, 6.45) is 7.60. The van der Waals surface area contributed by atoms with Crippen molar-refractivity contribution >= 4 is 34.0 Å². The van der Waals surface area contributed by atoms with Crippen molar-refractivity contribution in [2.24, 2.45) is 0 Å². The Hall–Kier alpha value is -0.740. The molecule has 1 rings (SSSR count). The Bertz CT molecular complexity index is 360. The van der Waals surface area contributed by atoms with Gasteiger partial charge in [0.1, 0.15) is 0 Å². The fourth-order valence-electron chi connectivity index (χ4n) is 1.95. The molecule has 0 spiro atoms. The van der Waals surface area contributed by atoms with Crippen molar-refractivity contribution in [3.63, 3.8) is 0 Å². The van der Waals surface area contributed by atoms with E-state index in [9.17, 15) is 0 Å². The SMILES string of the molecule is CCCCC(CCCC)SC(=S)NNc1ccccc1. The lowest BCUT2D eigenvalue weighted by molar-refractivity contribution is 0.617. The summed E-state index contributed by atoms with van der Waals surface area (Å²) in [5.41, 5.74) is 7.31. The Labute approximate surface area is 133 Å². The summed E-state index contributed by atoms with van der Waals surface area (Å²) in [6, 6.07) is 10.1. The molecule has 112 valence electrons. The zero-order valence-corrected chi connectivity index (χ0v) is 14.2. The molecule has 0 bridgehead atoms. The van der Waals surface area contributed by atoms with E-state index in [-0.39, 0.29) is 0 Å². The van der Waals surface area contributed by atoms with Crippen LogP contribution in [0.5, 0.6) is 0 Å². The third-order valence-corrected chi connectivity index (χ3v) is 4.63. The maximum absolute atomic E-state index is 5.42. The van der Waals surface area contributed by atoms with Gasteiger partial charge in [-0.05, 0) is 25.0 Å². The second-order valence-corrected chi connectivity index (χ2v) is 6.91. The molecule has 0 saturated carbocycles. The van der Waals surface area contributed by atoms with Gasteiger partial charge in [-0.15, -0.1) is 0 Å². The molecule has 0 aromatic heterocycles. The smallest absolute Gasteiger partial charge is 0.152 e. The molecule has 20 heavy (non-hydrogen) atoms. The standard InChI is InChI=1S/C16H26N2S2/c1-3-5-12-15(13-6-4-2)20-16(19)18-17-14-10-8-7-9-11-14/h7-11,15,17H,3-6,12-13H2,1-2H3,(H,18,19). The molecule has 1 aromatic carbocycles. The molecule has 0 saturated heterocycles. The Balaban J connectivity index is 2.32. The molecular weight excluding hydrogens is 284 g/mol. The van der Waals surface area contributed by atoms with Crippen molar-refractivity contribution in [2.45, 2.75) is 57.6 Å². The lowest BCUT2D eigenvalue weighted by Crippen LogP contribution is -2.27. The van der Waals surface area contributed by atoms with Gasteiger partial charge in [0.15, 0.2) is 4.32 Å². The number of hydrogen-bond donors (Lipinski definition) is 2. The summed E-state index contributed by atoms with van der Waals surface area (Å²) in [5.74, 6) is 0. The van der Waals surface area contributed by atoms with Crippen LogP contribution in [0.15, 0.2) is 30.3 Å². The summed E-state index contributed by atoms with van der Waals surface area (Å²) < 4.78 is 0.839. The van der Waals surface area contributed by atoms with Crippen LogP contribution in [0, 0.1) is 0 Å². The van der Waals surface area contributed by atoms with Gasteiger partial charge in [-0.2, -0.15) is 0 Å². The molecule has 0 aliphatic carbocycles. The fourth-order valence-corrected chi connectivity index (χ4v) is 3.39. The number of hydrazine groups is 1. The summed E-state index contributed by atoms with van der Waals surface area (Å²) in [4.78, 5) is 0. The molecule has 0 aliphatic rings. The first-order valence-electron chi connectivity index (χ1n) is 7.54. The first-order valence-corrected chi connectivity index (χ1v) is 8.82. The average molecular weight is 311 g/mol. The third kappa shape index (κ3) is 7.75. The molecular formula is C16H26N2S2. The van der Waals surface area contributed by atoms with Crippen LogP contribution in [0.4, 0.5) is 5.69 Å². The van der Waals surface area contributed by atoms with Gasteiger partial charge in [0.25, 0.3) is 0 Å². The minimum atomic E-state index is 0.646. The van der Waals surface area contributed by atoms with Gasteiger partial charge in [0, 0.05) is 5.25 Å². The Morgan fingerprint density at radius 2 is 1.70 bits per heavy atom. The molecule has 2 N–H and O–H groups in total. The van der Waals surface area contributed by atoms with Crippen molar-refractivity contribution < 1.29 is 0 Å². The van der Waals surface area contributed by atoms with E-state index in [4.69, 9.17) is 12.2 Å². The van der Waals surface area contributed by atoms with Gasteiger partial charge >= 0.3 is 0 Å². The van der Waals surface area contributed by atoms with E-state index in [1.54, 1.807) is 11.8 Å². The van der Waals surface area contributed by atoms with E-state index in [1.165, 1.54) is 38.5 Å². The van der Waals surface area contributed by atoms with E-state index in [1.807, 2.05) is 30.3 Å². The number of thiocarbonyl (C=S) groups is 1. The monoisotopic (exact) mass is 310 g/mol. The van der Waals surface area contributed by atoms with Crippen LogP contribution in [0.2, 0.25) is 0 Å². The van der Waals surface area contributed by atoms with Crippen LogP contribution in [0.25, 0.3) is 0 Å². The van der Waals surface area contributed by atoms with Gasteiger partial charge in [-0.1, -0.05) is 81.7 Å². The first kappa shape index (κ1) is 17.3. The van der Waals surface area contributed by atoms with Crippen molar-refractivity contribution in [3.8, 4) is 0 Å². The maximum Gasteiger partial charge on any atom is 0.152 e. The van der Waals surface area contributed by atoms with Crippen molar-refractivity contribution in [3.05, 3.63) is 30.3 Å². The highest BCUT2D eigenvalue weighted by atomic mass is 32.2. The molecule has 0 fully saturated rings. The van der Waals surface area contributed by atoms with Gasteiger partial charge in [0.05, 0.1) is 5.69 Å². The summed E-state index contributed by atoms with van der Waals surface area (Å²) in [6.45, 7) is 4.49. The van der Waals surface area contributed by atoms with Crippen molar-refractivity contribution in [1.82, 2.24) is 5.43 Å². The quantitative estimate of drug-likeness (QED) is 0.473. The number of anilines is 1. The molecule has 0 atom stereocenters. The lowest BCUT2D eigenvalue weighted by atomic mass is 10.1. The van der Waals surface area contributed by atoms with E-state index < -0.39 is 0 Å². The van der Waals surface area contributed by atoms with Crippen LogP contribution < -0.4 is 10.9 Å². The number of benzene rings is 1. The number of thioether (sulfide) groups is 1. The van der Waals surface area contributed by atoms with Crippen LogP contribution in [-0.4, -0.2) is 9.57 Å². The number of rotatable bonds is 9. The van der Waals surface area contributed by atoms with Gasteiger partial charge in [-0.25, -0.2) is 0 Å². The van der Waals surface area contributed by atoms with Crippen LogP contribution >= 0.6 is 24.0 Å². The fraction of sp³-hybridized carbons (Fsp3) is 0.562. The van der Waals surface area contributed by atoms with Crippen molar-refractivity contribution in [2.75, 3.05) is 5.43 Å². The number of nitrogens with one attached hydrogen (secondary N) is 2. The summed E-state index contributed by atoms with van der Waals surface area (Å²) in [5, 5.41) is 0.646. The zero-order chi connectivity index (χ0) is 14.6. The molecule has 0 aliphatic heterocycles. The Morgan fingerprint density at radius 3 is 2.25 bits per heavy atom. The largest absolute Gasteiger partial charge is 0.300 e. The zero-order valence-electron chi connectivity index (χ0n) is 12.5. The van der Waals surface area contributed by atoms with Crippen LogP contribution in [-0.2, 0) is 0 Å². The first-order chi connectivity index (χ1) is 9.76. The highest BCUT2D eigenvalue weighted by molar-refractivity contribution is 8.23. The normalized spacial score (nSPS) is 10.6. The van der Waals surface area contributed by atoms with Crippen molar-refractivity contribution in [1.29, 1.82) is 0 Å². The molecule has 0 radical (unpaired) electrons. The Kier molecular flexibility index (Phi) is 9.50. The highest BCUT2D eigenvalue weighted by Crippen LogP contribution is 2.23. The van der Waals surface area contributed by atoms with Crippen LogP contribution in [0.1, 0.15) is 52.4 Å². The highest BCUT2D eigenvalue weighted by Gasteiger charge is 2.11. The molecule has 1 aromatic rings. The van der Waals surface area contributed by atoms with Crippen LogP contribution in [0.3, 0.4) is 0 Å². The average Bonchev–Trinajstić information content (AvgIpc) is 2.49. The van der Waals surface area contributed by atoms with E-state index in [2.05, 4.69) is 24.7 Å². The molecule has 4 heteroatoms. The van der Waals surface area contributed by atoms with E-state index >= 15 is 0 Å². The topological polar surface area (TPSA) is 24.1 Å². The number of unbranched alkanes of at least 4 members (excludes halogenated alkanes) is 2. The molecule has 2 nitrogen and oxygen atoms in total. The molecule has 0 amide bonds. The predicted molar refractivity (Wildman–Crippen MR) is 96.2 cm³/mol. The maximum atomic E-state index is 5.42. The number of hydrogen-bond acceptors (Lipinski definition) is 3.